The first kappa shape index (κ1) is 16.1. The number of hydrogen-bond donors (Lipinski definition) is 0. The molecule has 3 heterocycles. The summed E-state index contributed by atoms with van der Waals surface area (Å²) < 4.78 is 8.47. The highest BCUT2D eigenvalue weighted by Gasteiger charge is 2.15. The molecule has 0 aliphatic carbocycles. The van der Waals surface area contributed by atoms with Crippen LogP contribution in [0.2, 0.25) is 0 Å². The number of esters is 1. The molecule has 4 rings (SSSR count). The Morgan fingerprint density at radius 1 is 1.12 bits per heavy atom. The molecule has 0 saturated heterocycles. The number of imidazole rings is 1. The number of carbonyl (C=O) groups excluding carboxylic acids is 1. The summed E-state index contributed by atoms with van der Waals surface area (Å²) in [7, 11) is 3.26. The highest BCUT2D eigenvalue weighted by Crippen LogP contribution is 2.29. The van der Waals surface area contributed by atoms with Crippen LogP contribution in [0.5, 0.6) is 0 Å². The van der Waals surface area contributed by atoms with Gasteiger partial charge in [0, 0.05) is 31.2 Å². The molecule has 6 nitrogen and oxygen atoms in total. The molecule has 3 aromatic heterocycles. The SMILES string of the molecule is COC(=O)Cc1cn2cc(-c3ccccc3)cc(-c3ccn(C)n3)c2n1. The van der Waals surface area contributed by atoms with E-state index in [9.17, 15) is 4.79 Å². The summed E-state index contributed by atoms with van der Waals surface area (Å²) in [6, 6.07) is 14.2. The van der Waals surface area contributed by atoms with Crippen molar-refractivity contribution in [3.8, 4) is 22.4 Å². The van der Waals surface area contributed by atoms with Gasteiger partial charge in [-0.2, -0.15) is 5.10 Å². The molecular formula is C20H18N4O2. The third kappa shape index (κ3) is 2.97. The van der Waals surface area contributed by atoms with Gasteiger partial charge in [0.2, 0.25) is 0 Å². The fourth-order valence-electron chi connectivity index (χ4n) is 2.99. The Morgan fingerprint density at radius 2 is 1.92 bits per heavy atom. The molecule has 0 N–H and O–H groups in total. The topological polar surface area (TPSA) is 61.4 Å². The number of nitrogens with zero attached hydrogens (tertiary/aromatic N) is 4. The fraction of sp³-hybridized carbons (Fsp3) is 0.150. The van der Waals surface area contributed by atoms with E-state index in [0.29, 0.717) is 5.69 Å². The Kier molecular flexibility index (Phi) is 4.01. The van der Waals surface area contributed by atoms with E-state index in [-0.39, 0.29) is 12.4 Å². The fourth-order valence-corrected chi connectivity index (χ4v) is 2.99. The third-order valence-corrected chi connectivity index (χ3v) is 4.25. The number of aryl methyl sites for hydroxylation is 1. The molecule has 6 heteroatoms. The van der Waals surface area contributed by atoms with Gasteiger partial charge in [-0.05, 0) is 23.3 Å². The van der Waals surface area contributed by atoms with E-state index >= 15 is 0 Å². The van der Waals surface area contributed by atoms with Gasteiger partial charge in [-0.15, -0.1) is 0 Å². The number of hydrogen-bond acceptors (Lipinski definition) is 4. The Hall–Kier alpha value is -3.41. The lowest BCUT2D eigenvalue weighted by Crippen LogP contribution is -2.04. The van der Waals surface area contributed by atoms with E-state index < -0.39 is 0 Å². The van der Waals surface area contributed by atoms with E-state index in [4.69, 9.17) is 4.74 Å². The van der Waals surface area contributed by atoms with Crippen LogP contribution in [0.1, 0.15) is 5.69 Å². The molecule has 0 amide bonds. The molecule has 0 radical (unpaired) electrons. The van der Waals surface area contributed by atoms with E-state index in [1.54, 1.807) is 4.68 Å². The maximum Gasteiger partial charge on any atom is 0.311 e. The number of methoxy groups -OCH3 is 1. The van der Waals surface area contributed by atoms with Crippen molar-refractivity contribution in [1.82, 2.24) is 19.2 Å². The van der Waals surface area contributed by atoms with E-state index in [1.165, 1.54) is 7.11 Å². The minimum absolute atomic E-state index is 0.139. The average Bonchev–Trinajstić information content (AvgIpc) is 3.27. The molecule has 0 unspecified atom stereocenters. The van der Waals surface area contributed by atoms with Gasteiger partial charge in [-0.3, -0.25) is 9.48 Å². The molecule has 4 aromatic rings. The Balaban J connectivity index is 1.91. The van der Waals surface area contributed by atoms with Crippen molar-refractivity contribution in [3.05, 3.63) is 66.7 Å². The van der Waals surface area contributed by atoms with Crippen molar-refractivity contribution < 1.29 is 9.53 Å². The lowest BCUT2D eigenvalue weighted by atomic mass is 10.0. The molecule has 0 saturated carbocycles. The molecule has 0 atom stereocenters. The highest BCUT2D eigenvalue weighted by molar-refractivity contribution is 5.81. The number of ether oxygens (including phenoxy) is 1. The van der Waals surface area contributed by atoms with E-state index in [1.807, 2.05) is 54.3 Å². The predicted octanol–water partition coefficient (Wildman–Crippen LogP) is 3.12. The molecule has 0 spiro atoms. The molecule has 0 fully saturated rings. The Bertz CT molecular complexity index is 1080. The molecular weight excluding hydrogens is 328 g/mol. The van der Waals surface area contributed by atoms with Crippen molar-refractivity contribution in [2.75, 3.05) is 7.11 Å². The summed E-state index contributed by atoms with van der Waals surface area (Å²) in [5.41, 5.74) is 5.35. The Labute approximate surface area is 150 Å². The maximum atomic E-state index is 11.6. The number of rotatable bonds is 4. The van der Waals surface area contributed by atoms with Crippen LogP contribution in [-0.2, 0) is 23.0 Å². The number of carbonyl (C=O) groups is 1. The predicted molar refractivity (Wildman–Crippen MR) is 98.6 cm³/mol. The third-order valence-electron chi connectivity index (χ3n) is 4.25. The van der Waals surface area contributed by atoms with Crippen LogP contribution in [0.4, 0.5) is 0 Å². The summed E-state index contributed by atoms with van der Waals surface area (Å²) in [6.45, 7) is 0. The first-order valence-electron chi connectivity index (χ1n) is 8.28. The summed E-state index contributed by atoms with van der Waals surface area (Å²) in [5.74, 6) is -0.309. The van der Waals surface area contributed by atoms with Crippen molar-refractivity contribution in [1.29, 1.82) is 0 Å². The van der Waals surface area contributed by atoms with Gasteiger partial charge >= 0.3 is 5.97 Å². The lowest BCUT2D eigenvalue weighted by molar-refractivity contribution is -0.139. The van der Waals surface area contributed by atoms with E-state index in [0.717, 1.165) is 28.0 Å². The van der Waals surface area contributed by atoms with Crippen molar-refractivity contribution in [3.63, 3.8) is 0 Å². The number of pyridine rings is 1. The standard InChI is InChI=1S/C20H18N4O2/c1-23-9-8-18(22-23)17-10-15(14-6-4-3-5-7-14)12-24-13-16(21-20(17)24)11-19(25)26-2/h3-10,12-13H,11H2,1-2H3. The number of aromatic nitrogens is 4. The number of fused-ring (bicyclic) bond motifs is 1. The first-order chi connectivity index (χ1) is 12.6. The lowest BCUT2D eigenvalue weighted by Gasteiger charge is -2.07. The normalized spacial score (nSPS) is 11.0. The van der Waals surface area contributed by atoms with Gasteiger partial charge in [0.1, 0.15) is 5.65 Å². The van der Waals surface area contributed by atoms with Crippen molar-refractivity contribution in [2.45, 2.75) is 6.42 Å². The smallest absolute Gasteiger partial charge is 0.311 e. The van der Waals surface area contributed by atoms with Gasteiger partial charge in [0.05, 0.1) is 24.9 Å². The highest BCUT2D eigenvalue weighted by atomic mass is 16.5. The molecule has 0 aliphatic rings. The van der Waals surface area contributed by atoms with Gasteiger partial charge in [-0.25, -0.2) is 4.98 Å². The van der Waals surface area contributed by atoms with Crippen LogP contribution in [0, 0.1) is 0 Å². The molecule has 0 bridgehead atoms. The second-order valence-electron chi connectivity index (χ2n) is 6.10. The maximum absolute atomic E-state index is 11.6. The van der Waals surface area contributed by atoms with Gasteiger partial charge in [0.15, 0.2) is 0 Å². The van der Waals surface area contributed by atoms with Gasteiger partial charge in [-0.1, -0.05) is 30.3 Å². The minimum atomic E-state index is -0.309. The average molecular weight is 346 g/mol. The van der Waals surface area contributed by atoms with Crippen molar-refractivity contribution >= 4 is 11.6 Å². The van der Waals surface area contributed by atoms with Crippen molar-refractivity contribution in [2.24, 2.45) is 7.05 Å². The van der Waals surface area contributed by atoms with Crippen LogP contribution in [-0.4, -0.2) is 32.2 Å². The minimum Gasteiger partial charge on any atom is -0.469 e. The van der Waals surface area contributed by atoms with Gasteiger partial charge in [0.25, 0.3) is 0 Å². The molecule has 26 heavy (non-hydrogen) atoms. The monoisotopic (exact) mass is 346 g/mol. The van der Waals surface area contributed by atoms with Gasteiger partial charge < -0.3 is 9.14 Å². The van der Waals surface area contributed by atoms with Crippen LogP contribution in [0.3, 0.4) is 0 Å². The molecule has 0 aliphatic heterocycles. The van der Waals surface area contributed by atoms with E-state index in [2.05, 4.69) is 28.3 Å². The molecule has 1 aromatic carbocycles. The van der Waals surface area contributed by atoms with Crippen LogP contribution < -0.4 is 0 Å². The zero-order valence-electron chi connectivity index (χ0n) is 14.6. The first-order valence-corrected chi connectivity index (χ1v) is 8.28. The number of benzene rings is 1. The zero-order valence-corrected chi connectivity index (χ0v) is 14.6. The van der Waals surface area contributed by atoms with Crippen LogP contribution in [0.15, 0.2) is 61.1 Å². The summed E-state index contributed by atoms with van der Waals surface area (Å²) in [4.78, 5) is 16.3. The second-order valence-corrected chi connectivity index (χ2v) is 6.10. The quantitative estimate of drug-likeness (QED) is 0.533. The summed E-state index contributed by atoms with van der Waals surface area (Å²) in [5, 5.41) is 4.52. The second kappa shape index (κ2) is 6.48. The summed E-state index contributed by atoms with van der Waals surface area (Å²) >= 11 is 0. The Morgan fingerprint density at radius 3 is 2.62 bits per heavy atom. The molecule has 130 valence electrons. The van der Waals surface area contributed by atoms with Crippen LogP contribution >= 0.6 is 0 Å². The summed E-state index contributed by atoms with van der Waals surface area (Å²) in [6.07, 6.45) is 5.93. The zero-order chi connectivity index (χ0) is 18.1. The largest absolute Gasteiger partial charge is 0.469 e. The van der Waals surface area contributed by atoms with Crippen LogP contribution in [0.25, 0.3) is 28.0 Å².